The van der Waals surface area contributed by atoms with Crippen molar-refractivity contribution in [3.05, 3.63) is 23.6 Å². The van der Waals surface area contributed by atoms with Crippen LogP contribution in [0.25, 0.3) is 11.1 Å². The predicted octanol–water partition coefficient (Wildman–Crippen LogP) is 5.03. The van der Waals surface area contributed by atoms with E-state index in [9.17, 15) is 9.59 Å². The van der Waals surface area contributed by atoms with Gasteiger partial charge in [-0.15, -0.1) is 0 Å². The first-order chi connectivity index (χ1) is 14.8. The van der Waals surface area contributed by atoms with Crippen molar-refractivity contribution in [1.29, 1.82) is 0 Å². The maximum absolute atomic E-state index is 13.7. The first-order valence-electron chi connectivity index (χ1n) is 12.0. The molecule has 2 amide bonds. The van der Waals surface area contributed by atoms with Gasteiger partial charge in [-0.25, -0.2) is 0 Å². The van der Waals surface area contributed by atoms with Crippen LogP contribution in [-0.2, 0) is 11.3 Å². The van der Waals surface area contributed by atoms with Crippen LogP contribution < -0.4 is 5.32 Å². The van der Waals surface area contributed by atoms with Crippen LogP contribution in [0, 0.1) is 12.8 Å². The average molecular weight is 428 g/mol. The van der Waals surface area contributed by atoms with Gasteiger partial charge in [0, 0.05) is 24.7 Å². The smallest absolute Gasteiger partial charge is 0.271 e. The Morgan fingerprint density at radius 1 is 1.19 bits per heavy atom. The highest BCUT2D eigenvalue weighted by molar-refractivity contribution is 6.03. The topological polar surface area (TPSA) is 67.5 Å². The maximum Gasteiger partial charge on any atom is 0.271 e. The third-order valence-corrected chi connectivity index (χ3v) is 7.10. The minimum Gasteiger partial charge on any atom is -0.460 e. The maximum atomic E-state index is 13.7. The number of hydrogen-bond donors (Lipinski definition) is 1. The molecule has 0 bridgehead atoms. The second-order valence-electron chi connectivity index (χ2n) is 10.2. The zero-order valence-electron chi connectivity index (χ0n) is 19.5. The van der Waals surface area contributed by atoms with E-state index in [0.717, 1.165) is 43.4 Å². The number of nitrogens with zero attached hydrogens (tertiary/aromatic N) is 2. The lowest BCUT2D eigenvalue weighted by Gasteiger charge is -2.45. The molecule has 2 aromatic rings. The van der Waals surface area contributed by atoms with Gasteiger partial charge in [0.25, 0.3) is 5.91 Å². The summed E-state index contributed by atoms with van der Waals surface area (Å²) in [6, 6.07) is 4.00. The number of aryl methyl sites for hydroxylation is 1. The largest absolute Gasteiger partial charge is 0.460 e. The summed E-state index contributed by atoms with van der Waals surface area (Å²) in [5.41, 5.74) is 1.32. The van der Waals surface area contributed by atoms with E-state index in [1.54, 1.807) is 0 Å². The highest BCUT2D eigenvalue weighted by Crippen LogP contribution is 2.34. The zero-order valence-corrected chi connectivity index (χ0v) is 19.5. The third kappa shape index (κ3) is 4.26. The Morgan fingerprint density at radius 3 is 2.55 bits per heavy atom. The Kier molecular flexibility index (Phi) is 6.18. The molecule has 0 aromatic carbocycles. The first kappa shape index (κ1) is 22.0. The summed E-state index contributed by atoms with van der Waals surface area (Å²) in [6.45, 7) is 9.18. The van der Waals surface area contributed by atoms with Crippen molar-refractivity contribution in [1.82, 2.24) is 14.8 Å². The number of fused-ring (bicyclic) bond motifs is 3. The van der Waals surface area contributed by atoms with E-state index in [1.807, 2.05) is 35.4 Å². The Bertz CT molecular complexity index is 949. The van der Waals surface area contributed by atoms with E-state index >= 15 is 0 Å². The third-order valence-electron chi connectivity index (χ3n) is 7.10. The minimum absolute atomic E-state index is 0.0251. The van der Waals surface area contributed by atoms with Gasteiger partial charge in [0.05, 0.1) is 12.1 Å². The number of hydrogen-bond acceptors (Lipinski definition) is 3. The van der Waals surface area contributed by atoms with Gasteiger partial charge >= 0.3 is 0 Å². The van der Waals surface area contributed by atoms with Crippen molar-refractivity contribution in [3.8, 4) is 0 Å². The quantitative estimate of drug-likeness (QED) is 0.727. The Hall–Kier alpha value is -2.24. The normalized spacial score (nSPS) is 23.1. The molecule has 1 N–H and O–H groups in total. The fourth-order valence-corrected chi connectivity index (χ4v) is 5.14. The summed E-state index contributed by atoms with van der Waals surface area (Å²) in [4.78, 5) is 29.1. The Balaban J connectivity index is 1.65. The number of furan rings is 1. The van der Waals surface area contributed by atoms with Crippen LogP contribution in [-0.4, -0.2) is 39.4 Å². The lowest BCUT2D eigenvalue weighted by Crippen LogP contribution is -2.65. The van der Waals surface area contributed by atoms with Gasteiger partial charge in [-0.2, -0.15) is 0 Å². The zero-order chi connectivity index (χ0) is 22.2. The standard InChI is InChI=1S/C25H37N3O3/c1-17(2)12-13-28-23(29)21-15-22-20(14-18(3)31-22)27(21)16-25(28,4)24(30)26-19-10-8-6-5-7-9-11-19/h14-15,17,19H,5-13,16H2,1-4H3,(H,26,30). The van der Waals surface area contributed by atoms with E-state index in [4.69, 9.17) is 4.42 Å². The minimum atomic E-state index is -0.918. The molecule has 1 fully saturated rings. The number of carbonyl (C=O) groups is 2. The highest BCUT2D eigenvalue weighted by Gasteiger charge is 2.48. The van der Waals surface area contributed by atoms with Gasteiger partial charge in [-0.1, -0.05) is 46.0 Å². The summed E-state index contributed by atoms with van der Waals surface area (Å²) in [7, 11) is 0. The molecular formula is C25H37N3O3. The van der Waals surface area contributed by atoms with Gasteiger partial charge in [0.15, 0.2) is 5.58 Å². The molecule has 6 heteroatoms. The molecule has 0 radical (unpaired) electrons. The van der Waals surface area contributed by atoms with Crippen LogP contribution in [0.1, 0.15) is 88.4 Å². The van der Waals surface area contributed by atoms with Crippen molar-refractivity contribution >= 4 is 22.9 Å². The molecule has 6 nitrogen and oxygen atoms in total. The molecule has 1 saturated carbocycles. The van der Waals surface area contributed by atoms with E-state index < -0.39 is 5.54 Å². The molecule has 4 rings (SSSR count). The molecule has 1 atom stereocenters. The summed E-state index contributed by atoms with van der Waals surface area (Å²) in [5, 5.41) is 3.34. The van der Waals surface area contributed by atoms with Crippen LogP contribution in [0.2, 0.25) is 0 Å². The molecule has 170 valence electrons. The van der Waals surface area contributed by atoms with Gasteiger partial charge in [-0.3, -0.25) is 9.59 Å². The van der Waals surface area contributed by atoms with Crippen molar-refractivity contribution in [3.63, 3.8) is 0 Å². The van der Waals surface area contributed by atoms with Crippen LogP contribution in [0.4, 0.5) is 0 Å². The number of aromatic nitrogens is 1. The highest BCUT2D eigenvalue weighted by atomic mass is 16.3. The first-order valence-corrected chi connectivity index (χ1v) is 12.0. The van der Waals surface area contributed by atoms with E-state index in [2.05, 4.69) is 19.2 Å². The number of nitrogens with one attached hydrogen (secondary N) is 1. The molecule has 1 aliphatic carbocycles. The summed E-state index contributed by atoms with van der Waals surface area (Å²) >= 11 is 0. The molecule has 2 aliphatic rings. The van der Waals surface area contributed by atoms with Crippen molar-refractivity contribution in [2.75, 3.05) is 6.54 Å². The van der Waals surface area contributed by atoms with E-state index in [1.165, 1.54) is 19.3 Å². The fraction of sp³-hybridized carbons (Fsp3) is 0.680. The van der Waals surface area contributed by atoms with Gasteiger partial charge in [0.2, 0.25) is 5.91 Å². The second-order valence-corrected chi connectivity index (χ2v) is 10.2. The molecule has 3 heterocycles. The molecular weight excluding hydrogens is 390 g/mol. The monoisotopic (exact) mass is 427 g/mol. The van der Waals surface area contributed by atoms with Gasteiger partial charge < -0.3 is 19.2 Å². The molecule has 1 aliphatic heterocycles. The van der Waals surface area contributed by atoms with Crippen LogP contribution in [0.5, 0.6) is 0 Å². The summed E-state index contributed by atoms with van der Waals surface area (Å²) in [6.07, 6.45) is 9.03. The number of amides is 2. The molecule has 31 heavy (non-hydrogen) atoms. The second kappa shape index (κ2) is 8.71. The van der Waals surface area contributed by atoms with Crippen molar-refractivity contribution in [2.24, 2.45) is 5.92 Å². The van der Waals surface area contributed by atoms with Crippen molar-refractivity contribution in [2.45, 2.75) is 97.2 Å². The fourth-order valence-electron chi connectivity index (χ4n) is 5.14. The number of rotatable bonds is 5. The number of carbonyl (C=O) groups excluding carboxylic acids is 2. The Morgan fingerprint density at radius 2 is 1.87 bits per heavy atom. The molecule has 0 saturated heterocycles. The lowest BCUT2D eigenvalue weighted by atomic mass is 9.91. The predicted molar refractivity (Wildman–Crippen MR) is 122 cm³/mol. The van der Waals surface area contributed by atoms with Crippen LogP contribution in [0.3, 0.4) is 0 Å². The molecule has 1 unspecified atom stereocenters. The van der Waals surface area contributed by atoms with Gasteiger partial charge in [-0.05, 0) is 39.0 Å². The van der Waals surface area contributed by atoms with Crippen LogP contribution >= 0.6 is 0 Å². The van der Waals surface area contributed by atoms with Gasteiger partial charge in [0.1, 0.15) is 17.0 Å². The summed E-state index contributed by atoms with van der Waals surface area (Å²) in [5.74, 6) is 1.17. The Labute approximate surface area is 185 Å². The van der Waals surface area contributed by atoms with E-state index in [0.29, 0.717) is 30.3 Å². The summed E-state index contributed by atoms with van der Waals surface area (Å²) < 4.78 is 7.77. The SMILES string of the molecule is Cc1cc2c(cc3n2CC(C)(C(=O)NC2CCCCCCC2)N(CCC(C)C)C3=O)o1. The average Bonchev–Trinajstić information content (AvgIpc) is 3.20. The lowest BCUT2D eigenvalue weighted by molar-refractivity contribution is -0.133. The molecule has 2 aromatic heterocycles. The molecule has 0 spiro atoms. The van der Waals surface area contributed by atoms with Crippen LogP contribution in [0.15, 0.2) is 16.5 Å². The van der Waals surface area contributed by atoms with Crippen molar-refractivity contribution < 1.29 is 14.0 Å². The van der Waals surface area contributed by atoms with E-state index in [-0.39, 0.29) is 17.9 Å².